The zero-order chi connectivity index (χ0) is 18.4. The van der Waals surface area contributed by atoms with Crippen molar-refractivity contribution in [1.29, 1.82) is 0 Å². The maximum atomic E-state index is 12.6. The second-order valence-corrected chi connectivity index (χ2v) is 7.33. The van der Waals surface area contributed by atoms with Crippen LogP contribution in [0.15, 0.2) is 42.5 Å². The van der Waals surface area contributed by atoms with Crippen molar-refractivity contribution in [1.82, 2.24) is 4.90 Å². The summed E-state index contributed by atoms with van der Waals surface area (Å²) in [5.41, 5.74) is 2.47. The molecule has 1 fully saturated rings. The maximum Gasteiger partial charge on any atom is 0.259 e. The SMILES string of the molecule is COc1ccc(C(=O)Nc2cccc(CN3CCSCC3)c2)c(OC)c1. The van der Waals surface area contributed by atoms with Crippen LogP contribution >= 0.6 is 11.8 Å². The van der Waals surface area contributed by atoms with Crippen molar-refractivity contribution >= 4 is 23.4 Å². The first-order valence-electron chi connectivity index (χ1n) is 8.62. The average Bonchev–Trinajstić information content (AvgIpc) is 2.68. The third-order valence-corrected chi connectivity index (χ3v) is 5.29. The van der Waals surface area contributed by atoms with Crippen molar-refractivity contribution in [3.05, 3.63) is 53.6 Å². The van der Waals surface area contributed by atoms with Gasteiger partial charge in [-0.25, -0.2) is 0 Å². The van der Waals surface area contributed by atoms with Crippen molar-refractivity contribution < 1.29 is 14.3 Å². The molecule has 1 amide bonds. The molecule has 1 N–H and O–H groups in total. The average molecular weight is 372 g/mol. The number of ether oxygens (including phenoxy) is 2. The zero-order valence-corrected chi connectivity index (χ0v) is 16.0. The van der Waals surface area contributed by atoms with Crippen LogP contribution in [0, 0.1) is 0 Å². The van der Waals surface area contributed by atoms with E-state index < -0.39 is 0 Å². The Morgan fingerprint density at radius 1 is 1.12 bits per heavy atom. The third kappa shape index (κ3) is 4.71. The number of methoxy groups -OCH3 is 2. The van der Waals surface area contributed by atoms with Gasteiger partial charge in [-0.3, -0.25) is 9.69 Å². The summed E-state index contributed by atoms with van der Waals surface area (Å²) >= 11 is 2.00. The van der Waals surface area contributed by atoms with E-state index in [0.29, 0.717) is 17.1 Å². The van der Waals surface area contributed by atoms with Gasteiger partial charge in [-0.1, -0.05) is 12.1 Å². The normalized spacial score (nSPS) is 14.7. The van der Waals surface area contributed by atoms with E-state index >= 15 is 0 Å². The molecular weight excluding hydrogens is 348 g/mol. The molecule has 0 spiro atoms. The van der Waals surface area contributed by atoms with Crippen LogP contribution in [-0.4, -0.2) is 49.6 Å². The van der Waals surface area contributed by atoms with Gasteiger partial charge in [-0.15, -0.1) is 0 Å². The van der Waals surface area contributed by atoms with Gasteiger partial charge in [0.25, 0.3) is 5.91 Å². The fourth-order valence-corrected chi connectivity index (χ4v) is 3.93. The summed E-state index contributed by atoms with van der Waals surface area (Å²) in [6.45, 7) is 3.14. The Morgan fingerprint density at radius 2 is 1.92 bits per heavy atom. The van der Waals surface area contributed by atoms with Crippen LogP contribution in [0.4, 0.5) is 5.69 Å². The standard InChI is InChI=1S/C20H24N2O3S/c1-24-17-6-7-18(19(13-17)25-2)20(23)21-16-5-3-4-15(12-16)14-22-8-10-26-11-9-22/h3-7,12-13H,8-11,14H2,1-2H3,(H,21,23). The van der Waals surface area contributed by atoms with Crippen LogP contribution in [-0.2, 0) is 6.54 Å². The van der Waals surface area contributed by atoms with Crippen LogP contribution in [0.3, 0.4) is 0 Å². The number of carbonyl (C=O) groups excluding carboxylic acids is 1. The molecule has 26 heavy (non-hydrogen) atoms. The quantitative estimate of drug-likeness (QED) is 0.841. The van der Waals surface area contributed by atoms with E-state index in [2.05, 4.69) is 16.3 Å². The van der Waals surface area contributed by atoms with Gasteiger partial charge in [0, 0.05) is 42.9 Å². The Balaban J connectivity index is 1.70. The number of nitrogens with zero attached hydrogens (tertiary/aromatic N) is 1. The van der Waals surface area contributed by atoms with E-state index in [1.54, 1.807) is 32.4 Å². The lowest BCUT2D eigenvalue weighted by atomic mass is 10.1. The highest BCUT2D eigenvalue weighted by molar-refractivity contribution is 7.99. The number of carbonyl (C=O) groups is 1. The second kappa shape index (κ2) is 8.96. The van der Waals surface area contributed by atoms with Crippen LogP contribution in [0.1, 0.15) is 15.9 Å². The Morgan fingerprint density at radius 3 is 2.65 bits per heavy atom. The fourth-order valence-electron chi connectivity index (χ4n) is 2.95. The molecule has 6 heteroatoms. The molecule has 1 aliphatic heterocycles. The van der Waals surface area contributed by atoms with Crippen molar-refractivity contribution in [2.24, 2.45) is 0 Å². The summed E-state index contributed by atoms with van der Waals surface area (Å²) in [6.07, 6.45) is 0. The van der Waals surface area contributed by atoms with Gasteiger partial charge in [0.05, 0.1) is 19.8 Å². The Kier molecular flexibility index (Phi) is 6.41. The minimum absolute atomic E-state index is 0.198. The summed E-state index contributed by atoms with van der Waals surface area (Å²) in [4.78, 5) is 15.1. The first kappa shape index (κ1) is 18.6. The molecule has 1 aliphatic rings. The molecule has 2 aromatic rings. The first-order chi connectivity index (χ1) is 12.7. The highest BCUT2D eigenvalue weighted by atomic mass is 32.2. The lowest BCUT2D eigenvalue weighted by molar-refractivity contribution is 0.102. The van der Waals surface area contributed by atoms with E-state index in [1.165, 1.54) is 17.1 Å². The first-order valence-corrected chi connectivity index (χ1v) is 9.77. The highest BCUT2D eigenvalue weighted by Gasteiger charge is 2.15. The largest absolute Gasteiger partial charge is 0.497 e. The van der Waals surface area contributed by atoms with Gasteiger partial charge in [-0.05, 0) is 29.8 Å². The number of thioether (sulfide) groups is 1. The zero-order valence-electron chi connectivity index (χ0n) is 15.2. The molecule has 0 aromatic heterocycles. The van der Waals surface area contributed by atoms with Gasteiger partial charge in [-0.2, -0.15) is 11.8 Å². The lowest BCUT2D eigenvalue weighted by Gasteiger charge is -2.26. The smallest absolute Gasteiger partial charge is 0.259 e. The van der Waals surface area contributed by atoms with Crippen LogP contribution in [0.2, 0.25) is 0 Å². The third-order valence-electron chi connectivity index (χ3n) is 4.35. The van der Waals surface area contributed by atoms with Gasteiger partial charge in [0.1, 0.15) is 11.5 Å². The minimum atomic E-state index is -0.198. The van der Waals surface area contributed by atoms with Crippen molar-refractivity contribution in [3.63, 3.8) is 0 Å². The molecule has 1 heterocycles. The van der Waals surface area contributed by atoms with Gasteiger partial charge >= 0.3 is 0 Å². The number of nitrogens with one attached hydrogen (secondary N) is 1. The van der Waals surface area contributed by atoms with Gasteiger partial charge in [0.15, 0.2) is 0 Å². The minimum Gasteiger partial charge on any atom is -0.497 e. The molecule has 1 saturated heterocycles. The number of hydrogen-bond acceptors (Lipinski definition) is 5. The number of amides is 1. The molecular formula is C20H24N2O3S. The van der Waals surface area contributed by atoms with Crippen LogP contribution in [0.5, 0.6) is 11.5 Å². The predicted octanol–water partition coefficient (Wildman–Crippen LogP) is 3.50. The molecule has 0 bridgehead atoms. The fraction of sp³-hybridized carbons (Fsp3) is 0.350. The Bertz CT molecular complexity index is 760. The van der Waals surface area contributed by atoms with Gasteiger partial charge in [0.2, 0.25) is 0 Å². The van der Waals surface area contributed by atoms with Gasteiger partial charge < -0.3 is 14.8 Å². The molecule has 138 valence electrons. The van der Waals surface area contributed by atoms with Crippen molar-refractivity contribution in [2.75, 3.05) is 44.1 Å². The summed E-state index contributed by atoms with van der Waals surface area (Å²) in [5.74, 6) is 3.32. The highest BCUT2D eigenvalue weighted by Crippen LogP contribution is 2.25. The van der Waals surface area contributed by atoms with Crippen molar-refractivity contribution in [2.45, 2.75) is 6.54 Å². The summed E-state index contributed by atoms with van der Waals surface area (Å²) in [7, 11) is 3.13. The molecule has 5 nitrogen and oxygen atoms in total. The molecule has 0 unspecified atom stereocenters. The van der Waals surface area contributed by atoms with E-state index in [-0.39, 0.29) is 5.91 Å². The molecule has 0 radical (unpaired) electrons. The Labute approximate surface area is 158 Å². The predicted molar refractivity (Wildman–Crippen MR) is 107 cm³/mol. The van der Waals surface area contributed by atoms with Crippen LogP contribution in [0.25, 0.3) is 0 Å². The van der Waals surface area contributed by atoms with E-state index in [1.807, 2.05) is 30.0 Å². The van der Waals surface area contributed by atoms with E-state index in [9.17, 15) is 4.79 Å². The topological polar surface area (TPSA) is 50.8 Å². The number of anilines is 1. The second-order valence-electron chi connectivity index (χ2n) is 6.11. The molecule has 0 atom stereocenters. The van der Waals surface area contributed by atoms with Crippen molar-refractivity contribution in [3.8, 4) is 11.5 Å². The summed E-state index contributed by atoms with van der Waals surface area (Å²) < 4.78 is 10.5. The maximum absolute atomic E-state index is 12.6. The lowest BCUT2D eigenvalue weighted by Crippen LogP contribution is -2.31. The molecule has 3 rings (SSSR count). The number of hydrogen-bond donors (Lipinski definition) is 1. The van der Waals surface area contributed by atoms with E-state index in [0.717, 1.165) is 25.3 Å². The molecule has 0 saturated carbocycles. The summed E-state index contributed by atoms with van der Waals surface area (Å²) in [6, 6.07) is 13.2. The summed E-state index contributed by atoms with van der Waals surface area (Å²) in [5, 5.41) is 2.97. The number of rotatable bonds is 6. The Hall–Kier alpha value is -2.18. The number of benzene rings is 2. The van der Waals surface area contributed by atoms with E-state index in [4.69, 9.17) is 9.47 Å². The van der Waals surface area contributed by atoms with Crippen LogP contribution < -0.4 is 14.8 Å². The molecule has 2 aromatic carbocycles. The molecule has 0 aliphatic carbocycles. The monoisotopic (exact) mass is 372 g/mol.